The third-order valence-corrected chi connectivity index (χ3v) is 3.85. The van der Waals surface area contributed by atoms with Gasteiger partial charge in [0.25, 0.3) is 0 Å². The Bertz CT molecular complexity index is 521. The molecule has 0 spiro atoms. The van der Waals surface area contributed by atoms with Crippen LogP contribution in [0.5, 0.6) is 0 Å². The summed E-state index contributed by atoms with van der Waals surface area (Å²) in [6, 6.07) is 7.44. The molecule has 0 saturated carbocycles. The fourth-order valence-corrected chi connectivity index (χ4v) is 2.58. The second-order valence-corrected chi connectivity index (χ2v) is 5.95. The lowest BCUT2D eigenvalue weighted by atomic mass is 10.1. The number of carbonyl (C=O) groups is 2. The molecule has 1 aliphatic rings. The number of nitrogens with zero attached hydrogens (tertiary/aromatic N) is 1. The maximum absolute atomic E-state index is 12.1. The lowest BCUT2D eigenvalue weighted by Gasteiger charge is -2.18. The highest BCUT2D eigenvalue weighted by Crippen LogP contribution is 2.27. The van der Waals surface area contributed by atoms with E-state index in [0.717, 1.165) is 10.2 Å². The Hall–Kier alpha value is -1.40. The molecule has 2 atom stereocenters. The molecule has 2 amide bonds. The fourth-order valence-electron chi connectivity index (χ4n) is 2.20. The van der Waals surface area contributed by atoms with Gasteiger partial charge < -0.3 is 16.0 Å². The zero-order chi connectivity index (χ0) is 14.7. The van der Waals surface area contributed by atoms with Gasteiger partial charge in [0.1, 0.15) is 0 Å². The predicted molar refractivity (Wildman–Crippen MR) is 81.3 cm³/mol. The van der Waals surface area contributed by atoms with E-state index in [1.807, 2.05) is 31.2 Å². The summed E-state index contributed by atoms with van der Waals surface area (Å²) in [6.07, 6.45) is 0.246. The monoisotopic (exact) mass is 339 g/mol. The highest BCUT2D eigenvalue weighted by atomic mass is 79.9. The number of halogens is 1. The van der Waals surface area contributed by atoms with Crippen LogP contribution in [0.25, 0.3) is 0 Å². The van der Waals surface area contributed by atoms with Crippen LogP contribution >= 0.6 is 15.9 Å². The molecule has 0 aromatic heterocycles. The molecule has 1 heterocycles. The number of benzene rings is 1. The summed E-state index contributed by atoms with van der Waals surface area (Å²) < 4.78 is 0.910. The van der Waals surface area contributed by atoms with Crippen molar-refractivity contribution in [2.75, 3.05) is 18.0 Å². The van der Waals surface area contributed by atoms with Crippen LogP contribution in [0.3, 0.4) is 0 Å². The Morgan fingerprint density at radius 1 is 1.60 bits per heavy atom. The van der Waals surface area contributed by atoms with E-state index in [0.29, 0.717) is 13.1 Å². The first kappa shape index (κ1) is 15.0. The standard InChI is InChI=1S/C14H18BrN3O2/c1-9(7-16)17-14(20)10-5-13(19)18(8-10)12-4-2-3-11(15)6-12/h2-4,6,9-10H,5,7-8,16H2,1H3,(H,17,20)/t9-,10?/m0/s1. The normalized spacial score (nSPS) is 20.1. The van der Waals surface area contributed by atoms with E-state index in [-0.39, 0.29) is 30.2 Å². The first-order valence-electron chi connectivity index (χ1n) is 6.57. The van der Waals surface area contributed by atoms with Crippen molar-refractivity contribution in [2.45, 2.75) is 19.4 Å². The Labute approximate surface area is 126 Å². The number of carbonyl (C=O) groups excluding carboxylic acids is 2. The maximum Gasteiger partial charge on any atom is 0.227 e. The topological polar surface area (TPSA) is 75.4 Å². The van der Waals surface area contributed by atoms with Crippen LogP contribution in [-0.2, 0) is 9.59 Å². The zero-order valence-corrected chi connectivity index (χ0v) is 12.9. The molecule has 0 aliphatic carbocycles. The van der Waals surface area contributed by atoms with Gasteiger partial charge in [-0.15, -0.1) is 0 Å². The molecule has 1 aromatic rings. The van der Waals surface area contributed by atoms with Gasteiger partial charge in [-0.25, -0.2) is 0 Å². The van der Waals surface area contributed by atoms with Gasteiger partial charge in [0, 0.05) is 35.7 Å². The smallest absolute Gasteiger partial charge is 0.227 e. The summed E-state index contributed by atoms with van der Waals surface area (Å²) in [6.45, 7) is 2.65. The SMILES string of the molecule is C[C@@H](CN)NC(=O)C1CC(=O)N(c2cccc(Br)c2)C1. The Morgan fingerprint density at radius 3 is 3.00 bits per heavy atom. The molecule has 108 valence electrons. The Balaban J connectivity index is 2.05. The average Bonchev–Trinajstić information content (AvgIpc) is 2.80. The minimum absolute atomic E-state index is 0.0244. The van der Waals surface area contributed by atoms with E-state index in [2.05, 4.69) is 21.2 Å². The largest absolute Gasteiger partial charge is 0.352 e. The summed E-state index contributed by atoms with van der Waals surface area (Å²) in [4.78, 5) is 25.8. The van der Waals surface area contributed by atoms with Crippen molar-refractivity contribution < 1.29 is 9.59 Å². The highest BCUT2D eigenvalue weighted by Gasteiger charge is 2.35. The number of nitrogens with one attached hydrogen (secondary N) is 1. The minimum Gasteiger partial charge on any atom is -0.352 e. The van der Waals surface area contributed by atoms with Crippen molar-refractivity contribution in [3.8, 4) is 0 Å². The van der Waals surface area contributed by atoms with E-state index < -0.39 is 0 Å². The number of amides is 2. The maximum atomic E-state index is 12.1. The third kappa shape index (κ3) is 3.37. The van der Waals surface area contributed by atoms with Crippen LogP contribution in [0.15, 0.2) is 28.7 Å². The van der Waals surface area contributed by atoms with Gasteiger partial charge in [-0.1, -0.05) is 22.0 Å². The first-order chi connectivity index (χ1) is 9.51. The summed E-state index contributed by atoms with van der Waals surface area (Å²) in [5, 5.41) is 2.82. The molecular formula is C14H18BrN3O2. The molecular weight excluding hydrogens is 322 g/mol. The fraction of sp³-hybridized carbons (Fsp3) is 0.429. The van der Waals surface area contributed by atoms with Crippen LogP contribution in [-0.4, -0.2) is 30.9 Å². The second kappa shape index (κ2) is 6.37. The number of hydrogen-bond donors (Lipinski definition) is 2. The van der Waals surface area contributed by atoms with Crippen molar-refractivity contribution in [3.63, 3.8) is 0 Å². The first-order valence-corrected chi connectivity index (χ1v) is 7.37. The molecule has 2 rings (SSSR count). The van der Waals surface area contributed by atoms with Crippen LogP contribution in [0, 0.1) is 5.92 Å². The number of anilines is 1. The van der Waals surface area contributed by atoms with Gasteiger partial charge in [0.2, 0.25) is 11.8 Å². The second-order valence-electron chi connectivity index (χ2n) is 5.03. The molecule has 1 aromatic carbocycles. The van der Waals surface area contributed by atoms with Gasteiger partial charge in [-0.2, -0.15) is 0 Å². The van der Waals surface area contributed by atoms with Crippen LogP contribution in [0.4, 0.5) is 5.69 Å². The van der Waals surface area contributed by atoms with E-state index in [9.17, 15) is 9.59 Å². The van der Waals surface area contributed by atoms with Gasteiger partial charge >= 0.3 is 0 Å². The molecule has 3 N–H and O–H groups in total. The van der Waals surface area contributed by atoms with Crippen LogP contribution < -0.4 is 16.0 Å². The molecule has 5 nitrogen and oxygen atoms in total. The molecule has 1 fully saturated rings. The van der Waals surface area contributed by atoms with Gasteiger partial charge in [-0.05, 0) is 25.1 Å². The van der Waals surface area contributed by atoms with Crippen LogP contribution in [0.2, 0.25) is 0 Å². The van der Waals surface area contributed by atoms with Crippen molar-refractivity contribution in [1.82, 2.24) is 5.32 Å². The number of hydrogen-bond acceptors (Lipinski definition) is 3. The Morgan fingerprint density at radius 2 is 2.35 bits per heavy atom. The summed E-state index contributed by atoms with van der Waals surface area (Å²) in [5.74, 6) is -0.437. The third-order valence-electron chi connectivity index (χ3n) is 3.36. The molecule has 6 heteroatoms. The van der Waals surface area contributed by atoms with E-state index >= 15 is 0 Å². The molecule has 1 aliphatic heterocycles. The van der Waals surface area contributed by atoms with E-state index in [1.165, 1.54) is 0 Å². The minimum atomic E-state index is -0.310. The van der Waals surface area contributed by atoms with E-state index in [4.69, 9.17) is 5.73 Å². The summed E-state index contributed by atoms with van der Waals surface area (Å²) in [7, 11) is 0. The van der Waals surface area contributed by atoms with Crippen molar-refractivity contribution >= 4 is 33.4 Å². The van der Waals surface area contributed by atoms with Gasteiger partial charge in [0.15, 0.2) is 0 Å². The van der Waals surface area contributed by atoms with Crippen LogP contribution in [0.1, 0.15) is 13.3 Å². The quantitative estimate of drug-likeness (QED) is 0.867. The van der Waals surface area contributed by atoms with Crippen molar-refractivity contribution in [2.24, 2.45) is 11.7 Å². The molecule has 0 radical (unpaired) electrons. The van der Waals surface area contributed by atoms with Crippen molar-refractivity contribution in [3.05, 3.63) is 28.7 Å². The lowest BCUT2D eigenvalue weighted by molar-refractivity contribution is -0.126. The molecule has 1 saturated heterocycles. The summed E-state index contributed by atoms with van der Waals surface area (Å²) >= 11 is 3.38. The van der Waals surface area contributed by atoms with E-state index in [1.54, 1.807) is 4.90 Å². The number of nitrogens with two attached hydrogens (primary N) is 1. The summed E-state index contributed by atoms with van der Waals surface area (Å²) in [5.41, 5.74) is 6.30. The molecule has 0 bridgehead atoms. The van der Waals surface area contributed by atoms with Gasteiger partial charge in [0.05, 0.1) is 5.92 Å². The predicted octanol–water partition coefficient (Wildman–Crippen LogP) is 1.27. The van der Waals surface area contributed by atoms with Gasteiger partial charge in [-0.3, -0.25) is 9.59 Å². The zero-order valence-electron chi connectivity index (χ0n) is 11.3. The Kier molecular flexibility index (Phi) is 4.77. The highest BCUT2D eigenvalue weighted by molar-refractivity contribution is 9.10. The average molecular weight is 340 g/mol. The lowest BCUT2D eigenvalue weighted by Crippen LogP contribution is -2.41. The molecule has 20 heavy (non-hydrogen) atoms. The van der Waals surface area contributed by atoms with Crippen molar-refractivity contribution in [1.29, 1.82) is 0 Å². The number of rotatable bonds is 4. The molecule has 1 unspecified atom stereocenters.